The maximum absolute atomic E-state index is 8.28. The minimum absolute atomic E-state index is 0. The van der Waals surface area contributed by atoms with Crippen molar-refractivity contribution in [1.82, 2.24) is 10.8 Å². The average molecular weight is 139 g/mol. The van der Waals surface area contributed by atoms with E-state index in [9.17, 15) is 0 Å². The first kappa shape index (κ1) is 8.17. The maximum atomic E-state index is 8.28. The van der Waals surface area contributed by atoms with Crippen LogP contribution >= 0.6 is 12.4 Å². The van der Waals surface area contributed by atoms with E-state index in [1.165, 1.54) is 0 Å². The normalized spacial score (nSPS) is 27.4. The lowest BCUT2D eigenvalue weighted by atomic mass is 10.3. The van der Waals surface area contributed by atoms with Crippen molar-refractivity contribution < 1.29 is 5.21 Å². The number of halogens is 1. The Hall–Kier alpha value is 0.170. The van der Waals surface area contributed by atoms with E-state index in [1.54, 1.807) is 0 Å². The van der Waals surface area contributed by atoms with Crippen LogP contribution in [0.5, 0.6) is 0 Å². The number of rotatable bonds is 1. The third-order valence-electron chi connectivity index (χ3n) is 1.24. The third kappa shape index (κ3) is 1.96. The zero-order valence-electron chi connectivity index (χ0n) is 4.55. The highest BCUT2D eigenvalue weighted by molar-refractivity contribution is 5.85. The van der Waals surface area contributed by atoms with Crippen molar-refractivity contribution in [2.75, 3.05) is 13.1 Å². The lowest BCUT2D eigenvalue weighted by Crippen LogP contribution is -2.27. The van der Waals surface area contributed by atoms with Crippen LogP contribution in [0.15, 0.2) is 0 Å². The van der Waals surface area contributed by atoms with Gasteiger partial charge in [0.2, 0.25) is 0 Å². The van der Waals surface area contributed by atoms with Gasteiger partial charge in [-0.25, -0.2) is 5.48 Å². The molecule has 0 bridgehead atoms. The molecule has 0 aromatic carbocycles. The monoisotopic (exact) mass is 138 g/mol. The SMILES string of the molecule is Cl.ON[C@H]1CCNC1. The van der Waals surface area contributed by atoms with Crippen molar-refractivity contribution in [3.05, 3.63) is 0 Å². The molecule has 1 heterocycles. The van der Waals surface area contributed by atoms with Gasteiger partial charge in [0.1, 0.15) is 0 Å². The van der Waals surface area contributed by atoms with E-state index >= 15 is 0 Å². The standard InChI is InChI=1S/C4H10N2O.ClH/c7-6-4-1-2-5-3-4;/h4-7H,1-3H2;1H/t4-;/m0./s1. The molecule has 0 saturated carbocycles. The largest absolute Gasteiger partial charge is 0.316 e. The molecule has 1 aliphatic rings. The Labute approximate surface area is 54.8 Å². The van der Waals surface area contributed by atoms with E-state index in [4.69, 9.17) is 5.21 Å². The van der Waals surface area contributed by atoms with Crippen molar-refractivity contribution in [3.63, 3.8) is 0 Å². The van der Waals surface area contributed by atoms with E-state index in [-0.39, 0.29) is 12.4 Å². The first-order valence-corrected chi connectivity index (χ1v) is 2.54. The minimum Gasteiger partial charge on any atom is -0.316 e. The summed E-state index contributed by atoms with van der Waals surface area (Å²) in [6.07, 6.45) is 1.04. The Kier molecular flexibility index (Phi) is 4.18. The highest BCUT2D eigenvalue weighted by Gasteiger charge is 2.11. The highest BCUT2D eigenvalue weighted by Crippen LogP contribution is 1.93. The van der Waals surface area contributed by atoms with Crippen LogP contribution < -0.4 is 10.8 Å². The van der Waals surface area contributed by atoms with Gasteiger partial charge in [-0.05, 0) is 13.0 Å². The first-order valence-electron chi connectivity index (χ1n) is 2.54. The van der Waals surface area contributed by atoms with Crippen LogP contribution in [0.3, 0.4) is 0 Å². The molecule has 1 rings (SSSR count). The summed E-state index contributed by atoms with van der Waals surface area (Å²) < 4.78 is 0. The maximum Gasteiger partial charge on any atom is 0.0456 e. The van der Waals surface area contributed by atoms with Gasteiger partial charge >= 0.3 is 0 Å². The van der Waals surface area contributed by atoms with Gasteiger partial charge in [-0.3, -0.25) is 0 Å². The second-order valence-corrected chi connectivity index (χ2v) is 1.82. The van der Waals surface area contributed by atoms with Crippen LogP contribution in [0.25, 0.3) is 0 Å². The van der Waals surface area contributed by atoms with E-state index < -0.39 is 0 Å². The molecule has 3 N–H and O–H groups in total. The molecule has 3 nitrogen and oxygen atoms in total. The van der Waals surface area contributed by atoms with Crippen molar-refractivity contribution in [1.29, 1.82) is 0 Å². The molecule has 0 radical (unpaired) electrons. The van der Waals surface area contributed by atoms with E-state index in [0.717, 1.165) is 19.5 Å². The predicted molar refractivity (Wildman–Crippen MR) is 33.4 cm³/mol. The Balaban J connectivity index is 0.000000490. The van der Waals surface area contributed by atoms with Crippen LogP contribution in [-0.2, 0) is 0 Å². The summed E-state index contributed by atoms with van der Waals surface area (Å²) in [5.41, 5.74) is 2.20. The second-order valence-electron chi connectivity index (χ2n) is 1.82. The molecule has 0 aromatic heterocycles. The fourth-order valence-electron chi connectivity index (χ4n) is 0.765. The average Bonchev–Trinajstić information content (AvgIpc) is 2.14. The molecule has 50 valence electrons. The minimum atomic E-state index is 0. The van der Waals surface area contributed by atoms with E-state index in [2.05, 4.69) is 10.8 Å². The molecular weight excluding hydrogens is 128 g/mol. The van der Waals surface area contributed by atoms with E-state index in [1.807, 2.05) is 0 Å². The van der Waals surface area contributed by atoms with E-state index in [0.29, 0.717) is 6.04 Å². The van der Waals surface area contributed by atoms with Gasteiger partial charge in [0.15, 0.2) is 0 Å². The molecule has 1 atom stereocenters. The molecule has 1 saturated heterocycles. The summed E-state index contributed by atoms with van der Waals surface area (Å²) in [5.74, 6) is 0. The summed E-state index contributed by atoms with van der Waals surface area (Å²) in [7, 11) is 0. The molecule has 1 aliphatic heterocycles. The van der Waals surface area contributed by atoms with Gasteiger partial charge in [0, 0.05) is 12.6 Å². The van der Waals surface area contributed by atoms with Crippen LogP contribution in [0, 0.1) is 0 Å². The fraction of sp³-hybridized carbons (Fsp3) is 1.00. The van der Waals surface area contributed by atoms with Crippen LogP contribution in [0.1, 0.15) is 6.42 Å². The van der Waals surface area contributed by atoms with Crippen LogP contribution in [0.2, 0.25) is 0 Å². The summed E-state index contributed by atoms with van der Waals surface area (Å²) in [5, 5.41) is 11.4. The number of hydrogen-bond donors (Lipinski definition) is 3. The molecule has 0 aliphatic carbocycles. The molecule has 0 amide bonds. The third-order valence-corrected chi connectivity index (χ3v) is 1.24. The van der Waals surface area contributed by atoms with Crippen LogP contribution in [-0.4, -0.2) is 24.3 Å². The first-order chi connectivity index (χ1) is 3.43. The number of nitrogens with one attached hydrogen (secondary N) is 2. The van der Waals surface area contributed by atoms with Gasteiger partial charge in [-0.15, -0.1) is 12.4 Å². The smallest absolute Gasteiger partial charge is 0.0456 e. The summed E-state index contributed by atoms with van der Waals surface area (Å²) in [4.78, 5) is 0. The lowest BCUT2D eigenvalue weighted by molar-refractivity contribution is 0.133. The Bertz CT molecular complexity index is 56.0. The highest BCUT2D eigenvalue weighted by atomic mass is 35.5. The summed E-state index contributed by atoms with van der Waals surface area (Å²) in [6, 6.07) is 0.292. The van der Waals surface area contributed by atoms with Crippen molar-refractivity contribution in [3.8, 4) is 0 Å². The molecule has 0 spiro atoms. The summed E-state index contributed by atoms with van der Waals surface area (Å²) in [6.45, 7) is 1.93. The lowest BCUT2D eigenvalue weighted by Gasteiger charge is -2.00. The van der Waals surface area contributed by atoms with Gasteiger partial charge in [-0.2, -0.15) is 0 Å². The zero-order chi connectivity index (χ0) is 5.11. The molecular formula is C4H11ClN2O. The second kappa shape index (κ2) is 4.09. The zero-order valence-corrected chi connectivity index (χ0v) is 5.37. The molecule has 1 fully saturated rings. The topological polar surface area (TPSA) is 44.3 Å². The van der Waals surface area contributed by atoms with Gasteiger partial charge in [0.05, 0.1) is 0 Å². The molecule has 8 heavy (non-hydrogen) atoms. The molecule has 0 aromatic rings. The predicted octanol–water partition coefficient (Wildman–Crippen LogP) is -0.251. The van der Waals surface area contributed by atoms with Crippen LogP contribution in [0.4, 0.5) is 0 Å². The number of hydrogen-bond acceptors (Lipinski definition) is 3. The van der Waals surface area contributed by atoms with Crippen molar-refractivity contribution in [2.45, 2.75) is 12.5 Å². The Morgan fingerprint density at radius 2 is 2.38 bits per heavy atom. The molecule has 4 heteroatoms. The number of hydroxylamine groups is 1. The van der Waals surface area contributed by atoms with Crippen molar-refractivity contribution in [2.24, 2.45) is 0 Å². The summed E-state index contributed by atoms with van der Waals surface area (Å²) >= 11 is 0. The van der Waals surface area contributed by atoms with Gasteiger partial charge in [0.25, 0.3) is 0 Å². The fourth-order valence-corrected chi connectivity index (χ4v) is 0.765. The Morgan fingerprint density at radius 1 is 1.62 bits per heavy atom. The quantitative estimate of drug-likeness (QED) is 0.438. The Morgan fingerprint density at radius 3 is 2.62 bits per heavy atom. The van der Waals surface area contributed by atoms with Gasteiger partial charge < -0.3 is 10.5 Å². The van der Waals surface area contributed by atoms with Gasteiger partial charge in [-0.1, -0.05) is 0 Å². The van der Waals surface area contributed by atoms with Crippen molar-refractivity contribution >= 4 is 12.4 Å². The molecule has 0 unspecified atom stereocenters.